The third kappa shape index (κ3) is 8.41. The number of alkyl carbamates (subject to hydrolysis) is 1. The van der Waals surface area contributed by atoms with Crippen LogP contribution in [-0.2, 0) is 32.0 Å². The summed E-state index contributed by atoms with van der Waals surface area (Å²) in [6.07, 6.45) is -0.262. The Morgan fingerprint density at radius 3 is 1.72 bits per heavy atom. The number of amides is 2. The lowest BCUT2D eigenvalue weighted by Crippen LogP contribution is -2.48. The van der Waals surface area contributed by atoms with Crippen LogP contribution in [0.5, 0.6) is 0 Å². The number of rotatable bonds is 14. The van der Waals surface area contributed by atoms with E-state index in [1.807, 2.05) is 98.8 Å². The lowest BCUT2D eigenvalue weighted by Gasteiger charge is -2.25. The minimum Gasteiger partial charge on any atom is -0.449 e. The van der Waals surface area contributed by atoms with E-state index < -0.39 is 24.1 Å². The fourth-order valence-corrected chi connectivity index (χ4v) is 6.43. The Labute approximate surface area is 276 Å². The van der Waals surface area contributed by atoms with Gasteiger partial charge in [0.2, 0.25) is 5.91 Å². The standard InChI is InChI=1S/C40H42N2O5/c1-26(2)38(27(3)43)42-39(45)30(22-28-14-6-4-7-15-28)24-37(44)36(23-29-16-8-5-9-17-29)41-40(46)47-25-35-33-20-12-10-18-31(33)32-19-11-13-21-34(32)35/h4-21,26,30,35-36,38H,22-25H2,1-3H3,(H,41,46)(H,42,45). The van der Waals surface area contributed by atoms with Crippen molar-refractivity contribution in [2.45, 2.75) is 58.0 Å². The minimum absolute atomic E-state index is 0.106. The summed E-state index contributed by atoms with van der Waals surface area (Å²) in [6, 6.07) is 33.5. The summed E-state index contributed by atoms with van der Waals surface area (Å²) in [5.74, 6) is -1.76. The third-order valence-electron chi connectivity index (χ3n) is 8.85. The van der Waals surface area contributed by atoms with E-state index in [0.717, 1.165) is 33.4 Å². The van der Waals surface area contributed by atoms with Crippen molar-refractivity contribution in [2.75, 3.05) is 6.61 Å². The van der Waals surface area contributed by atoms with Gasteiger partial charge in [-0.2, -0.15) is 0 Å². The maximum Gasteiger partial charge on any atom is 0.407 e. The number of ether oxygens (including phenoxy) is 1. The molecular formula is C40H42N2O5. The molecule has 1 aliphatic carbocycles. The van der Waals surface area contributed by atoms with Crippen LogP contribution < -0.4 is 10.6 Å². The van der Waals surface area contributed by atoms with Crippen LogP contribution in [0, 0.1) is 11.8 Å². The largest absolute Gasteiger partial charge is 0.449 e. The molecule has 2 N–H and O–H groups in total. The van der Waals surface area contributed by atoms with Crippen LogP contribution in [0.3, 0.4) is 0 Å². The molecule has 0 bridgehead atoms. The summed E-state index contributed by atoms with van der Waals surface area (Å²) in [6.45, 7) is 5.32. The summed E-state index contributed by atoms with van der Waals surface area (Å²) < 4.78 is 5.79. The van der Waals surface area contributed by atoms with Crippen molar-refractivity contribution < 1.29 is 23.9 Å². The summed E-state index contributed by atoms with van der Waals surface area (Å²) in [7, 11) is 0. The molecule has 0 fully saturated rings. The lowest BCUT2D eigenvalue weighted by atomic mass is 9.89. The number of hydrogen-bond acceptors (Lipinski definition) is 5. The monoisotopic (exact) mass is 630 g/mol. The quantitative estimate of drug-likeness (QED) is 0.162. The molecular weight excluding hydrogens is 588 g/mol. The molecule has 0 saturated heterocycles. The molecule has 47 heavy (non-hydrogen) atoms. The van der Waals surface area contributed by atoms with Gasteiger partial charge in [-0.1, -0.05) is 123 Å². The molecule has 3 unspecified atom stereocenters. The van der Waals surface area contributed by atoms with Crippen molar-refractivity contribution in [3.8, 4) is 11.1 Å². The first-order valence-electron chi connectivity index (χ1n) is 16.2. The smallest absolute Gasteiger partial charge is 0.407 e. The molecule has 7 heteroatoms. The highest BCUT2D eigenvalue weighted by Gasteiger charge is 2.32. The summed E-state index contributed by atoms with van der Waals surface area (Å²) in [5.41, 5.74) is 6.21. The molecule has 242 valence electrons. The molecule has 0 saturated carbocycles. The number of nitrogens with one attached hydrogen (secondary N) is 2. The predicted molar refractivity (Wildman–Crippen MR) is 183 cm³/mol. The van der Waals surface area contributed by atoms with E-state index in [1.165, 1.54) is 6.92 Å². The fourth-order valence-electron chi connectivity index (χ4n) is 6.43. The Hall–Kier alpha value is -5.04. The number of Topliss-reactive ketones (excluding diaryl/α,β-unsaturated/α-hetero) is 2. The highest BCUT2D eigenvalue weighted by atomic mass is 16.5. The molecule has 0 radical (unpaired) electrons. The molecule has 0 aliphatic heterocycles. The zero-order chi connectivity index (χ0) is 33.3. The van der Waals surface area contributed by atoms with Gasteiger partial charge in [-0.25, -0.2) is 4.79 Å². The molecule has 7 nitrogen and oxygen atoms in total. The first-order valence-corrected chi connectivity index (χ1v) is 16.2. The minimum atomic E-state index is -0.923. The van der Waals surface area contributed by atoms with E-state index in [4.69, 9.17) is 4.74 Å². The summed E-state index contributed by atoms with van der Waals surface area (Å²) in [4.78, 5) is 53.3. The van der Waals surface area contributed by atoms with Crippen LogP contribution in [0.15, 0.2) is 109 Å². The van der Waals surface area contributed by atoms with Gasteiger partial charge in [-0.05, 0) is 59.1 Å². The summed E-state index contributed by atoms with van der Waals surface area (Å²) in [5, 5.41) is 5.71. The van der Waals surface area contributed by atoms with Crippen molar-refractivity contribution in [1.29, 1.82) is 0 Å². The molecule has 0 heterocycles. The Bertz CT molecular complexity index is 1660. The number of fused-ring (bicyclic) bond motifs is 3. The Balaban J connectivity index is 1.33. The molecule has 1 aliphatic rings. The molecule has 0 aromatic heterocycles. The van der Waals surface area contributed by atoms with Gasteiger partial charge in [0, 0.05) is 18.3 Å². The van der Waals surface area contributed by atoms with Crippen molar-refractivity contribution >= 4 is 23.6 Å². The van der Waals surface area contributed by atoms with Crippen molar-refractivity contribution in [2.24, 2.45) is 11.8 Å². The Morgan fingerprint density at radius 2 is 1.19 bits per heavy atom. The first kappa shape index (κ1) is 33.3. The second-order valence-electron chi connectivity index (χ2n) is 12.6. The van der Waals surface area contributed by atoms with Gasteiger partial charge >= 0.3 is 6.09 Å². The lowest BCUT2D eigenvalue weighted by molar-refractivity contribution is -0.133. The second-order valence-corrected chi connectivity index (χ2v) is 12.6. The van der Waals surface area contributed by atoms with E-state index in [-0.39, 0.29) is 48.8 Å². The average molecular weight is 631 g/mol. The van der Waals surface area contributed by atoms with E-state index in [9.17, 15) is 19.2 Å². The highest BCUT2D eigenvalue weighted by Crippen LogP contribution is 2.44. The van der Waals surface area contributed by atoms with Gasteiger partial charge in [0.15, 0.2) is 11.6 Å². The van der Waals surface area contributed by atoms with Gasteiger partial charge in [0.1, 0.15) is 6.61 Å². The van der Waals surface area contributed by atoms with Crippen LogP contribution in [-0.4, -0.2) is 42.3 Å². The Morgan fingerprint density at radius 1 is 0.681 bits per heavy atom. The summed E-state index contributed by atoms with van der Waals surface area (Å²) >= 11 is 0. The first-order chi connectivity index (χ1) is 22.7. The third-order valence-corrected chi connectivity index (χ3v) is 8.85. The maximum absolute atomic E-state index is 14.0. The average Bonchev–Trinajstić information content (AvgIpc) is 3.39. The zero-order valence-electron chi connectivity index (χ0n) is 27.1. The van der Waals surface area contributed by atoms with Crippen LogP contribution in [0.25, 0.3) is 11.1 Å². The molecule has 0 spiro atoms. The topological polar surface area (TPSA) is 102 Å². The molecule has 5 rings (SSSR count). The Kier molecular flexibility index (Phi) is 11.0. The number of carbonyl (C=O) groups excluding carboxylic acids is 4. The van der Waals surface area contributed by atoms with E-state index >= 15 is 0 Å². The number of hydrogen-bond donors (Lipinski definition) is 2. The molecule has 2 amide bonds. The maximum atomic E-state index is 14.0. The SMILES string of the molecule is CC(=O)C(NC(=O)C(CC(=O)C(Cc1ccccc1)NC(=O)OCC1c2ccccc2-c2ccccc21)Cc1ccccc1)C(C)C. The molecule has 4 aromatic carbocycles. The van der Waals surface area contributed by atoms with Crippen molar-refractivity contribution in [3.63, 3.8) is 0 Å². The van der Waals surface area contributed by atoms with Crippen LogP contribution in [0.1, 0.15) is 55.4 Å². The number of ketones is 2. The van der Waals surface area contributed by atoms with E-state index in [2.05, 4.69) is 34.9 Å². The number of carbonyl (C=O) groups is 4. The van der Waals surface area contributed by atoms with Gasteiger partial charge in [-0.15, -0.1) is 0 Å². The van der Waals surface area contributed by atoms with Crippen molar-refractivity contribution in [1.82, 2.24) is 10.6 Å². The second kappa shape index (κ2) is 15.5. The van der Waals surface area contributed by atoms with Gasteiger partial charge in [0.25, 0.3) is 0 Å². The fraction of sp³-hybridized carbons (Fsp3) is 0.300. The van der Waals surface area contributed by atoms with Gasteiger partial charge < -0.3 is 15.4 Å². The normalized spacial score (nSPS) is 14.0. The van der Waals surface area contributed by atoms with Gasteiger partial charge in [0.05, 0.1) is 12.1 Å². The number of benzene rings is 4. The van der Waals surface area contributed by atoms with Crippen LogP contribution in [0.4, 0.5) is 4.79 Å². The van der Waals surface area contributed by atoms with Crippen molar-refractivity contribution in [3.05, 3.63) is 131 Å². The zero-order valence-corrected chi connectivity index (χ0v) is 27.1. The van der Waals surface area contributed by atoms with Gasteiger partial charge in [-0.3, -0.25) is 14.4 Å². The predicted octanol–water partition coefficient (Wildman–Crippen LogP) is 6.68. The van der Waals surface area contributed by atoms with E-state index in [0.29, 0.717) is 6.42 Å². The van der Waals surface area contributed by atoms with E-state index in [1.54, 1.807) is 0 Å². The van der Waals surface area contributed by atoms with Crippen LogP contribution >= 0.6 is 0 Å². The van der Waals surface area contributed by atoms with Crippen LogP contribution in [0.2, 0.25) is 0 Å². The highest BCUT2D eigenvalue weighted by molar-refractivity contribution is 5.94. The molecule has 3 atom stereocenters. The molecule has 4 aromatic rings.